The Morgan fingerprint density at radius 1 is 1.19 bits per heavy atom. The van der Waals surface area contributed by atoms with Gasteiger partial charge in [-0.15, -0.1) is 0 Å². The molecule has 16 heavy (non-hydrogen) atoms. The van der Waals surface area contributed by atoms with Crippen molar-refractivity contribution in [3.8, 4) is 0 Å². The van der Waals surface area contributed by atoms with Gasteiger partial charge in [0, 0.05) is 29.6 Å². The van der Waals surface area contributed by atoms with Crippen LogP contribution in [0.3, 0.4) is 0 Å². The van der Waals surface area contributed by atoms with Crippen LogP contribution in [0.25, 0.3) is 0 Å². The highest BCUT2D eigenvalue weighted by Crippen LogP contribution is 2.33. The van der Waals surface area contributed by atoms with Gasteiger partial charge in [-0.25, -0.2) is 9.97 Å². The van der Waals surface area contributed by atoms with Crippen LogP contribution in [-0.2, 0) is 6.42 Å². The van der Waals surface area contributed by atoms with Crippen LogP contribution in [0.5, 0.6) is 0 Å². The minimum Gasteiger partial charge on any atom is -0.310 e. The Kier molecular flexibility index (Phi) is 2.26. The predicted octanol–water partition coefficient (Wildman–Crippen LogP) is 2.82. The molecule has 1 aliphatic rings. The van der Waals surface area contributed by atoms with Crippen LogP contribution >= 0.6 is 11.6 Å². The third-order valence-corrected chi connectivity index (χ3v) is 2.97. The first kappa shape index (κ1) is 9.60. The maximum Gasteiger partial charge on any atom is 0.229 e. The van der Waals surface area contributed by atoms with Crippen molar-refractivity contribution in [2.24, 2.45) is 0 Å². The van der Waals surface area contributed by atoms with Crippen molar-refractivity contribution in [1.29, 1.82) is 0 Å². The van der Waals surface area contributed by atoms with Crippen molar-refractivity contribution in [3.63, 3.8) is 0 Å². The molecule has 3 nitrogen and oxygen atoms in total. The summed E-state index contributed by atoms with van der Waals surface area (Å²) in [5, 5.41) is 0.787. The van der Waals surface area contributed by atoms with E-state index >= 15 is 0 Å². The topological polar surface area (TPSA) is 29.0 Å². The lowest BCUT2D eigenvalue weighted by atomic mass is 10.2. The zero-order valence-corrected chi connectivity index (χ0v) is 9.35. The molecular formula is C12H10ClN3. The van der Waals surface area contributed by atoms with Gasteiger partial charge in [0.2, 0.25) is 5.95 Å². The monoisotopic (exact) mass is 231 g/mol. The average Bonchev–Trinajstić information content (AvgIpc) is 2.73. The zero-order chi connectivity index (χ0) is 11.0. The SMILES string of the molecule is Clc1ccc2c(c1)CCN2c1ncccn1. The molecule has 2 aromatic rings. The predicted molar refractivity (Wildman–Crippen MR) is 64.2 cm³/mol. The molecule has 0 amide bonds. The van der Waals surface area contributed by atoms with Crippen molar-refractivity contribution in [3.05, 3.63) is 47.2 Å². The van der Waals surface area contributed by atoms with E-state index in [4.69, 9.17) is 11.6 Å². The Labute approximate surface area is 98.7 Å². The fourth-order valence-corrected chi connectivity index (χ4v) is 2.20. The summed E-state index contributed by atoms with van der Waals surface area (Å²) in [5.41, 5.74) is 2.43. The second kappa shape index (κ2) is 3.76. The first-order valence-electron chi connectivity index (χ1n) is 5.17. The lowest BCUT2D eigenvalue weighted by Crippen LogP contribution is -2.15. The van der Waals surface area contributed by atoms with E-state index in [-0.39, 0.29) is 0 Å². The Morgan fingerprint density at radius 3 is 2.81 bits per heavy atom. The van der Waals surface area contributed by atoms with Crippen LogP contribution in [0.15, 0.2) is 36.7 Å². The molecule has 0 N–H and O–H groups in total. The van der Waals surface area contributed by atoms with Crippen molar-refractivity contribution in [2.75, 3.05) is 11.4 Å². The van der Waals surface area contributed by atoms with Gasteiger partial charge in [-0.1, -0.05) is 11.6 Å². The van der Waals surface area contributed by atoms with E-state index in [9.17, 15) is 0 Å². The van der Waals surface area contributed by atoms with Crippen molar-refractivity contribution < 1.29 is 0 Å². The van der Waals surface area contributed by atoms with E-state index in [0.717, 1.165) is 29.6 Å². The molecule has 0 saturated heterocycles. The average molecular weight is 232 g/mol. The molecule has 3 rings (SSSR count). The molecular weight excluding hydrogens is 222 g/mol. The maximum absolute atomic E-state index is 5.97. The number of anilines is 2. The van der Waals surface area contributed by atoms with Gasteiger partial charge in [-0.2, -0.15) is 0 Å². The molecule has 0 aliphatic carbocycles. The maximum atomic E-state index is 5.97. The number of fused-ring (bicyclic) bond motifs is 1. The molecule has 0 saturated carbocycles. The zero-order valence-electron chi connectivity index (χ0n) is 8.60. The largest absolute Gasteiger partial charge is 0.310 e. The van der Waals surface area contributed by atoms with Crippen LogP contribution in [0, 0.1) is 0 Å². The molecule has 0 radical (unpaired) electrons. The normalized spacial score (nSPS) is 13.9. The fraction of sp³-hybridized carbons (Fsp3) is 0.167. The number of benzene rings is 1. The first-order chi connectivity index (χ1) is 7.84. The Bertz CT molecular complexity index is 513. The van der Waals surface area contributed by atoms with Crippen LogP contribution in [-0.4, -0.2) is 16.5 Å². The Hall–Kier alpha value is -1.61. The molecule has 0 atom stereocenters. The van der Waals surface area contributed by atoms with Gasteiger partial charge in [0.15, 0.2) is 0 Å². The van der Waals surface area contributed by atoms with E-state index in [1.165, 1.54) is 5.56 Å². The lowest BCUT2D eigenvalue weighted by molar-refractivity contribution is 0.940. The van der Waals surface area contributed by atoms with Gasteiger partial charge < -0.3 is 4.90 Å². The van der Waals surface area contributed by atoms with E-state index in [2.05, 4.69) is 14.9 Å². The van der Waals surface area contributed by atoms with Crippen LogP contribution < -0.4 is 4.90 Å². The Balaban J connectivity index is 2.04. The van der Waals surface area contributed by atoms with Gasteiger partial charge in [-0.3, -0.25) is 0 Å². The van der Waals surface area contributed by atoms with Gasteiger partial charge in [0.25, 0.3) is 0 Å². The first-order valence-corrected chi connectivity index (χ1v) is 5.55. The van der Waals surface area contributed by atoms with Gasteiger partial charge in [-0.05, 0) is 36.2 Å². The molecule has 2 heterocycles. The molecule has 1 aliphatic heterocycles. The molecule has 0 spiro atoms. The van der Waals surface area contributed by atoms with Crippen molar-refractivity contribution in [2.45, 2.75) is 6.42 Å². The van der Waals surface area contributed by atoms with E-state index in [0.29, 0.717) is 0 Å². The summed E-state index contributed by atoms with van der Waals surface area (Å²) >= 11 is 5.97. The van der Waals surface area contributed by atoms with Crippen LogP contribution in [0.4, 0.5) is 11.6 Å². The van der Waals surface area contributed by atoms with Crippen LogP contribution in [0.1, 0.15) is 5.56 Å². The lowest BCUT2D eigenvalue weighted by Gasteiger charge is -2.16. The number of aromatic nitrogens is 2. The summed E-state index contributed by atoms with van der Waals surface area (Å²) in [4.78, 5) is 10.6. The van der Waals surface area contributed by atoms with E-state index < -0.39 is 0 Å². The standard InChI is InChI=1S/C12H10ClN3/c13-10-2-3-11-9(8-10)4-7-16(11)12-14-5-1-6-15-12/h1-3,5-6,8H,4,7H2. The third kappa shape index (κ3) is 1.53. The minimum atomic E-state index is 0.753. The Morgan fingerprint density at radius 2 is 2.00 bits per heavy atom. The summed E-state index contributed by atoms with van der Waals surface area (Å²) in [6, 6.07) is 7.77. The second-order valence-corrected chi connectivity index (χ2v) is 4.16. The third-order valence-electron chi connectivity index (χ3n) is 2.73. The fourth-order valence-electron chi connectivity index (χ4n) is 2.01. The van der Waals surface area contributed by atoms with Gasteiger partial charge >= 0.3 is 0 Å². The number of hydrogen-bond donors (Lipinski definition) is 0. The summed E-state index contributed by atoms with van der Waals surface area (Å²) in [6.45, 7) is 0.916. The molecule has 1 aromatic heterocycles. The summed E-state index contributed by atoms with van der Waals surface area (Å²) in [6.07, 6.45) is 4.51. The molecule has 0 unspecified atom stereocenters. The van der Waals surface area contributed by atoms with Gasteiger partial charge in [0.1, 0.15) is 0 Å². The quantitative estimate of drug-likeness (QED) is 0.756. The van der Waals surface area contributed by atoms with Crippen molar-refractivity contribution >= 4 is 23.2 Å². The minimum absolute atomic E-state index is 0.753. The summed E-state index contributed by atoms with van der Waals surface area (Å²) < 4.78 is 0. The van der Waals surface area contributed by atoms with E-state index in [1.54, 1.807) is 12.4 Å². The molecule has 0 fully saturated rings. The number of rotatable bonds is 1. The summed E-state index contributed by atoms with van der Waals surface area (Å²) in [5.74, 6) is 0.753. The van der Waals surface area contributed by atoms with Crippen molar-refractivity contribution in [1.82, 2.24) is 9.97 Å². The molecule has 4 heteroatoms. The number of nitrogens with zero attached hydrogens (tertiary/aromatic N) is 3. The molecule has 1 aromatic carbocycles. The number of hydrogen-bond acceptors (Lipinski definition) is 3. The highest BCUT2D eigenvalue weighted by Gasteiger charge is 2.21. The smallest absolute Gasteiger partial charge is 0.229 e. The highest BCUT2D eigenvalue weighted by molar-refractivity contribution is 6.30. The van der Waals surface area contributed by atoms with E-state index in [1.807, 2.05) is 24.3 Å². The molecule has 0 bridgehead atoms. The van der Waals surface area contributed by atoms with Crippen LogP contribution in [0.2, 0.25) is 5.02 Å². The summed E-state index contributed by atoms with van der Waals surface area (Å²) in [7, 11) is 0. The van der Waals surface area contributed by atoms with Gasteiger partial charge in [0.05, 0.1) is 0 Å². The molecule has 80 valence electrons. The second-order valence-electron chi connectivity index (χ2n) is 3.72. The highest BCUT2D eigenvalue weighted by atomic mass is 35.5. The number of halogens is 1.